The van der Waals surface area contributed by atoms with Gasteiger partial charge in [-0.05, 0) is 38.5 Å². The molecule has 6 nitrogen and oxygen atoms in total. The molecule has 1 saturated carbocycles. The molecule has 1 unspecified atom stereocenters. The number of rotatable bonds is 7. The minimum Gasteiger partial charge on any atom is -0.378 e. The number of methoxy groups -OCH3 is 1. The molecule has 1 aromatic rings. The first-order valence-electron chi connectivity index (χ1n) is 10.2. The van der Waals surface area contributed by atoms with Gasteiger partial charge in [-0.1, -0.05) is 19.3 Å². The Bertz CT molecular complexity index is 701. The predicted octanol–water partition coefficient (Wildman–Crippen LogP) is 2.79. The molecule has 2 aliphatic rings. The van der Waals surface area contributed by atoms with Crippen LogP contribution in [0.4, 0.5) is 0 Å². The Morgan fingerprint density at radius 2 is 2.04 bits per heavy atom. The quantitative estimate of drug-likeness (QED) is 0.794. The van der Waals surface area contributed by atoms with Gasteiger partial charge in [-0.3, -0.25) is 9.59 Å². The monoisotopic (exact) mass is 376 g/mol. The van der Waals surface area contributed by atoms with Gasteiger partial charge in [0.1, 0.15) is 5.56 Å². The molecule has 2 fully saturated rings. The third-order valence-corrected chi connectivity index (χ3v) is 5.81. The Morgan fingerprint density at radius 1 is 1.26 bits per heavy atom. The van der Waals surface area contributed by atoms with E-state index in [2.05, 4.69) is 9.88 Å². The van der Waals surface area contributed by atoms with Gasteiger partial charge in [0.2, 0.25) is 0 Å². The number of hydrogen-bond acceptors (Lipinski definition) is 4. The fourth-order valence-electron chi connectivity index (χ4n) is 4.34. The van der Waals surface area contributed by atoms with Crippen LogP contribution in [-0.2, 0) is 22.6 Å². The summed E-state index contributed by atoms with van der Waals surface area (Å²) in [5.74, 6) is 0.276. The third-order valence-electron chi connectivity index (χ3n) is 5.81. The number of carbonyl (C=O) groups excluding carboxylic acids is 1. The number of nitrogens with one attached hydrogen (secondary N) is 1. The van der Waals surface area contributed by atoms with Crippen molar-refractivity contribution in [3.05, 3.63) is 33.2 Å². The number of ether oxygens (including phenoxy) is 2. The fourth-order valence-corrected chi connectivity index (χ4v) is 4.34. The zero-order valence-corrected chi connectivity index (χ0v) is 16.6. The van der Waals surface area contributed by atoms with Gasteiger partial charge in [-0.2, -0.15) is 0 Å². The maximum Gasteiger partial charge on any atom is 0.257 e. The number of hydrogen-bond donors (Lipinski definition) is 1. The highest BCUT2D eigenvalue weighted by molar-refractivity contribution is 5.95. The first-order chi connectivity index (χ1) is 13.1. The normalized spacial score (nSPS) is 20.7. The van der Waals surface area contributed by atoms with E-state index in [4.69, 9.17) is 9.47 Å². The maximum absolute atomic E-state index is 12.8. The van der Waals surface area contributed by atoms with Crippen LogP contribution in [0.1, 0.15) is 66.7 Å². The van der Waals surface area contributed by atoms with Crippen LogP contribution in [0.25, 0.3) is 0 Å². The first kappa shape index (κ1) is 20.1. The lowest BCUT2D eigenvalue weighted by Gasteiger charge is -2.27. The van der Waals surface area contributed by atoms with Crippen molar-refractivity contribution in [1.82, 2.24) is 9.88 Å². The molecule has 1 atom stereocenters. The van der Waals surface area contributed by atoms with Gasteiger partial charge < -0.3 is 19.4 Å². The second-order valence-electron chi connectivity index (χ2n) is 7.86. The number of pyridine rings is 1. The van der Waals surface area contributed by atoms with E-state index in [-0.39, 0.29) is 29.6 Å². The van der Waals surface area contributed by atoms with Gasteiger partial charge in [0.15, 0.2) is 5.43 Å². The van der Waals surface area contributed by atoms with E-state index in [1.807, 2.05) is 6.92 Å². The molecule has 1 aliphatic heterocycles. The minimum atomic E-state index is -0.319. The Morgan fingerprint density at radius 3 is 2.70 bits per heavy atom. The molecule has 3 rings (SSSR count). The van der Waals surface area contributed by atoms with Crippen molar-refractivity contribution >= 4 is 5.91 Å². The van der Waals surface area contributed by atoms with E-state index < -0.39 is 0 Å². The van der Waals surface area contributed by atoms with Crippen LogP contribution in [0.5, 0.6) is 0 Å². The van der Waals surface area contributed by atoms with Crippen LogP contribution in [0.3, 0.4) is 0 Å². The molecule has 0 bridgehead atoms. The summed E-state index contributed by atoms with van der Waals surface area (Å²) in [7, 11) is 1.60. The fraction of sp³-hybridized carbons (Fsp3) is 0.714. The smallest absolute Gasteiger partial charge is 0.257 e. The van der Waals surface area contributed by atoms with Crippen molar-refractivity contribution in [2.45, 2.75) is 71.1 Å². The van der Waals surface area contributed by atoms with E-state index in [0.717, 1.165) is 31.7 Å². The van der Waals surface area contributed by atoms with Crippen molar-refractivity contribution in [2.75, 3.05) is 20.3 Å². The van der Waals surface area contributed by atoms with Crippen LogP contribution >= 0.6 is 0 Å². The second-order valence-corrected chi connectivity index (χ2v) is 7.86. The van der Waals surface area contributed by atoms with E-state index >= 15 is 0 Å². The summed E-state index contributed by atoms with van der Waals surface area (Å²) in [4.78, 5) is 25.5. The van der Waals surface area contributed by atoms with Gasteiger partial charge in [-0.25, -0.2) is 0 Å². The van der Waals surface area contributed by atoms with E-state index in [1.165, 1.54) is 32.1 Å². The average Bonchev–Trinajstić information content (AvgIpc) is 3.17. The molecule has 2 heterocycles. The Hall–Kier alpha value is -1.66. The van der Waals surface area contributed by atoms with Gasteiger partial charge >= 0.3 is 0 Å². The van der Waals surface area contributed by atoms with Crippen LogP contribution in [0.2, 0.25) is 0 Å². The number of aryl methyl sites for hydroxylation is 1. The SMILES string of the molecule is COCc1c(C(=O)NCC2CCCO2)c(=O)cc(C)n1CC1CCCCC1. The van der Waals surface area contributed by atoms with Gasteiger partial charge in [0.05, 0.1) is 18.4 Å². The minimum absolute atomic E-state index is 0.0507. The number of nitrogens with zero attached hydrogens (tertiary/aromatic N) is 1. The molecule has 1 aromatic heterocycles. The average molecular weight is 376 g/mol. The molecular weight excluding hydrogens is 344 g/mol. The lowest BCUT2D eigenvalue weighted by atomic mass is 9.89. The number of carbonyl (C=O) groups is 1. The topological polar surface area (TPSA) is 69.6 Å². The lowest BCUT2D eigenvalue weighted by Crippen LogP contribution is -2.37. The van der Waals surface area contributed by atoms with Gasteiger partial charge in [0, 0.05) is 38.6 Å². The summed E-state index contributed by atoms with van der Waals surface area (Å²) in [6.07, 6.45) is 8.27. The molecular formula is C21H32N2O4. The van der Waals surface area contributed by atoms with Crippen LogP contribution in [-0.4, -0.2) is 36.8 Å². The molecule has 6 heteroatoms. The van der Waals surface area contributed by atoms with Crippen molar-refractivity contribution in [2.24, 2.45) is 5.92 Å². The van der Waals surface area contributed by atoms with Crippen molar-refractivity contribution in [3.63, 3.8) is 0 Å². The highest BCUT2D eigenvalue weighted by Crippen LogP contribution is 2.26. The van der Waals surface area contributed by atoms with E-state index in [1.54, 1.807) is 13.2 Å². The zero-order chi connectivity index (χ0) is 19.2. The summed E-state index contributed by atoms with van der Waals surface area (Å²) >= 11 is 0. The standard InChI is InChI=1S/C21H32N2O4/c1-15-11-19(24)20(21(25)22-12-17-9-6-10-27-17)18(14-26-2)23(15)13-16-7-4-3-5-8-16/h11,16-17H,3-10,12-14H2,1-2H3,(H,22,25). The zero-order valence-electron chi connectivity index (χ0n) is 16.6. The third kappa shape index (κ3) is 4.99. The van der Waals surface area contributed by atoms with Crippen LogP contribution in [0.15, 0.2) is 10.9 Å². The molecule has 1 saturated heterocycles. The molecule has 0 spiro atoms. The van der Waals surface area contributed by atoms with Crippen LogP contribution in [0, 0.1) is 12.8 Å². The molecule has 1 aliphatic carbocycles. The largest absolute Gasteiger partial charge is 0.378 e. The van der Waals surface area contributed by atoms with Gasteiger partial charge in [0.25, 0.3) is 5.91 Å². The maximum atomic E-state index is 12.8. The lowest BCUT2D eigenvalue weighted by molar-refractivity contribution is 0.0850. The second kappa shape index (κ2) is 9.51. The Labute approximate surface area is 161 Å². The van der Waals surface area contributed by atoms with E-state index in [9.17, 15) is 9.59 Å². The molecule has 1 N–H and O–H groups in total. The summed E-state index contributed by atoms with van der Waals surface area (Å²) in [5, 5.41) is 2.90. The van der Waals surface area contributed by atoms with Gasteiger partial charge in [-0.15, -0.1) is 0 Å². The van der Waals surface area contributed by atoms with Crippen molar-refractivity contribution in [3.8, 4) is 0 Å². The molecule has 0 radical (unpaired) electrons. The Balaban J connectivity index is 1.85. The van der Waals surface area contributed by atoms with Crippen molar-refractivity contribution < 1.29 is 14.3 Å². The summed E-state index contributed by atoms with van der Waals surface area (Å²) < 4.78 is 13.1. The van der Waals surface area contributed by atoms with Crippen LogP contribution < -0.4 is 10.7 Å². The number of amides is 1. The Kier molecular flexibility index (Phi) is 7.07. The summed E-state index contributed by atoms with van der Waals surface area (Å²) in [5.41, 5.74) is 1.58. The number of aromatic nitrogens is 1. The molecule has 27 heavy (non-hydrogen) atoms. The molecule has 150 valence electrons. The highest BCUT2D eigenvalue weighted by Gasteiger charge is 2.24. The summed E-state index contributed by atoms with van der Waals surface area (Å²) in [6.45, 7) is 4.23. The highest BCUT2D eigenvalue weighted by atomic mass is 16.5. The molecule has 0 aromatic carbocycles. The molecule has 1 amide bonds. The van der Waals surface area contributed by atoms with Crippen molar-refractivity contribution in [1.29, 1.82) is 0 Å². The summed E-state index contributed by atoms with van der Waals surface area (Å²) in [6, 6.07) is 1.59. The van der Waals surface area contributed by atoms with E-state index in [0.29, 0.717) is 18.2 Å². The predicted molar refractivity (Wildman–Crippen MR) is 104 cm³/mol. The first-order valence-corrected chi connectivity index (χ1v) is 10.2.